The maximum Gasteiger partial charge on any atom is 0.156 e. The number of benzene rings is 1. The fourth-order valence-electron chi connectivity index (χ4n) is 3.27. The Balaban J connectivity index is 1.58. The number of aromatic nitrogens is 3. The molecule has 30 heavy (non-hydrogen) atoms. The number of nitrogens with zero attached hydrogens (tertiary/aromatic N) is 3. The zero-order valence-corrected chi connectivity index (χ0v) is 18.5. The van der Waals surface area contributed by atoms with Crippen LogP contribution in [-0.2, 0) is 12.0 Å². The van der Waals surface area contributed by atoms with E-state index in [2.05, 4.69) is 46.6 Å². The summed E-state index contributed by atoms with van der Waals surface area (Å²) < 4.78 is 16.3. The van der Waals surface area contributed by atoms with Crippen LogP contribution in [0.4, 0.5) is 5.82 Å². The fourth-order valence-corrected chi connectivity index (χ4v) is 4.40. The molecule has 4 aromatic rings. The van der Waals surface area contributed by atoms with Crippen molar-refractivity contribution in [1.82, 2.24) is 15.1 Å². The van der Waals surface area contributed by atoms with Crippen LogP contribution in [0, 0.1) is 0 Å². The monoisotopic (exact) mass is 424 g/mol. The van der Waals surface area contributed by atoms with Crippen LogP contribution in [-0.4, -0.2) is 29.3 Å². The van der Waals surface area contributed by atoms with E-state index in [1.54, 1.807) is 31.9 Å². The fraction of sp³-hybridized carbons (Fsp3) is 0.318. The molecule has 0 atom stereocenters. The van der Waals surface area contributed by atoms with Crippen LogP contribution >= 0.6 is 11.3 Å². The van der Waals surface area contributed by atoms with Crippen LogP contribution < -0.4 is 14.8 Å². The first-order chi connectivity index (χ1) is 14.4. The molecule has 0 unspecified atom stereocenters. The van der Waals surface area contributed by atoms with Crippen molar-refractivity contribution < 1.29 is 14.0 Å². The predicted octanol–water partition coefficient (Wildman–Crippen LogP) is 5.27. The van der Waals surface area contributed by atoms with Crippen molar-refractivity contribution >= 4 is 27.4 Å². The standard InChI is InChI=1S/C22H24N4O3S/c1-22(2,3)16-11-30-21-19(16)20(24-12-25-21)23-10-14-8-17(26-29-14)15-7-6-13(27-4)9-18(15)28-5/h6-9,11-12H,10H2,1-5H3,(H,23,24,25). The summed E-state index contributed by atoms with van der Waals surface area (Å²) in [6, 6.07) is 7.49. The zero-order valence-electron chi connectivity index (χ0n) is 17.6. The van der Waals surface area contributed by atoms with Crippen molar-refractivity contribution in [3.63, 3.8) is 0 Å². The number of hydrogen-bond acceptors (Lipinski definition) is 8. The van der Waals surface area contributed by atoms with Crippen molar-refractivity contribution in [3.05, 3.63) is 47.3 Å². The van der Waals surface area contributed by atoms with Gasteiger partial charge in [0.1, 0.15) is 34.2 Å². The Morgan fingerprint density at radius 2 is 1.93 bits per heavy atom. The van der Waals surface area contributed by atoms with E-state index in [9.17, 15) is 0 Å². The average Bonchev–Trinajstić information content (AvgIpc) is 3.38. The molecule has 1 N–H and O–H groups in total. The van der Waals surface area contributed by atoms with Gasteiger partial charge in [0.2, 0.25) is 0 Å². The Bertz CT molecular complexity index is 1180. The van der Waals surface area contributed by atoms with Gasteiger partial charge in [0.05, 0.1) is 26.2 Å². The molecule has 1 aromatic carbocycles. The summed E-state index contributed by atoms with van der Waals surface area (Å²) in [4.78, 5) is 9.85. The predicted molar refractivity (Wildman–Crippen MR) is 118 cm³/mol. The molecule has 4 rings (SSSR count). The second kappa shape index (κ2) is 7.95. The number of methoxy groups -OCH3 is 2. The molecule has 0 amide bonds. The van der Waals surface area contributed by atoms with Crippen molar-refractivity contribution in [3.8, 4) is 22.8 Å². The first kappa shape index (κ1) is 20.2. The molecule has 0 aliphatic heterocycles. The van der Waals surface area contributed by atoms with Gasteiger partial charge in [0.25, 0.3) is 0 Å². The van der Waals surface area contributed by atoms with Gasteiger partial charge in [-0.1, -0.05) is 25.9 Å². The van der Waals surface area contributed by atoms with E-state index < -0.39 is 0 Å². The Hall–Kier alpha value is -3.13. The topological polar surface area (TPSA) is 82.3 Å². The highest BCUT2D eigenvalue weighted by Crippen LogP contribution is 2.37. The lowest BCUT2D eigenvalue weighted by Gasteiger charge is -2.18. The SMILES string of the molecule is COc1ccc(-c2cc(CNc3ncnc4scc(C(C)(C)C)c34)on2)c(OC)c1. The zero-order chi connectivity index (χ0) is 21.3. The van der Waals surface area contributed by atoms with Crippen LogP contribution in [0.2, 0.25) is 0 Å². The Morgan fingerprint density at radius 1 is 1.10 bits per heavy atom. The highest BCUT2D eigenvalue weighted by atomic mass is 32.1. The van der Waals surface area contributed by atoms with E-state index in [4.69, 9.17) is 14.0 Å². The summed E-state index contributed by atoms with van der Waals surface area (Å²) in [5.41, 5.74) is 2.77. The smallest absolute Gasteiger partial charge is 0.156 e. The molecule has 8 heteroatoms. The van der Waals surface area contributed by atoms with Crippen LogP contribution in [0.3, 0.4) is 0 Å². The van der Waals surface area contributed by atoms with Gasteiger partial charge >= 0.3 is 0 Å². The molecule has 0 aliphatic carbocycles. The average molecular weight is 425 g/mol. The van der Waals surface area contributed by atoms with Crippen molar-refractivity contribution in [2.75, 3.05) is 19.5 Å². The summed E-state index contributed by atoms with van der Waals surface area (Å²) in [6.45, 7) is 7.03. The number of thiophene rings is 1. The minimum atomic E-state index is 0.00369. The van der Waals surface area contributed by atoms with Crippen molar-refractivity contribution in [1.29, 1.82) is 0 Å². The molecular formula is C22H24N4O3S. The molecule has 0 fully saturated rings. The van der Waals surface area contributed by atoms with Crippen LogP contribution in [0.25, 0.3) is 21.5 Å². The summed E-state index contributed by atoms with van der Waals surface area (Å²) in [6.07, 6.45) is 1.58. The van der Waals surface area contributed by atoms with Gasteiger partial charge in [0.15, 0.2) is 5.76 Å². The first-order valence-corrected chi connectivity index (χ1v) is 10.4. The second-order valence-electron chi connectivity index (χ2n) is 7.90. The molecule has 156 valence electrons. The second-order valence-corrected chi connectivity index (χ2v) is 8.76. The summed E-state index contributed by atoms with van der Waals surface area (Å²) >= 11 is 1.63. The maximum absolute atomic E-state index is 5.55. The third-order valence-electron chi connectivity index (χ3n) is 4.85. The molecule has 3 heterocycles. The lowest BCUT2D eigenvalue weighted by molar-refractivity contribution is 0.386. The molecule has 0 spiro atoms. The molecule has 0 aliphatic rings. The maximum atomic E-state index is 5.55. The minimum Gasteiger partial charge on any atom is -0.497 e. The molecule has 0 radical (unpaired) electrons. The van der Waals surface area contributed by atoms with E-state index in [-0.39, 0.29) is 5.41 Å². The van der Waals surface area contributed by atoms with Crippen LogP contribution in [0.1, 0.15) is 32.1 Å². The third kappa shape index (κ3) is 3.82. The first-order valence-electron chi connectivity index (χ1n) is 9.55. The number of nitrogens with one attached hydrogen (secondary N) is 1. The Morgan fingerprint density at radius 3 is 2.67 bits per heavy atom. The van der Waals surface area contributed by atoms with E-state index in [0.29, 0.717) is 23.7 Å². The van der Waals surface area contributed by atoms with Crippen molar-refractivity contribution in [2.45, 2.75) is 32.7 Å². The van der Waals surface area contributed by atoms with Gasteiger partial charge in [-0.3, -0.25) is 0 Å². The summed E-state index contributed by atoms with van der Waals surface area (Å²) in [5, 5.41) is 10.8. The quantitative estimate of drug-likeness (QED) is 0.451. The normalized spacial score (nSPS) is 11.6. The van der Waals surface area contributed by atoms with E-state index >= 15 is 0 Å². The molecular weight excluding hydrogens is 400 g/mol. The molecule has 0 bridgehead atoms. The van der Waals surface area contributed by atoms with Gasteiger partial charge in [-0.25, -0.2) is 9.97 Å². The van der Waals surface area contributed by atoms with Gasteiger partial charge in [-0.15, -0.1) is 11.3 Å². The Kier molecular flexibility index (Phi) is 5.34. The number of fused-ring (bicyclic) bond motifs is 1. The number of ether oxygens (including phenoxy) is 2. The van der Waals surface area contributed by atoms with Crippen molar-refractivity contribution in [2.24, 2.45) is 0 Å². The van der Waals surface area contributed by atoms with Crippen LogP contribution in [0.5, 0.6) is 11.5 Å². The summed E-state index contributed by atoms with van der Waals surface area (Å²) in [5.74, 6) is 2.89. The highest BCUT2D eigenvalue weighted by molar-refractivity contribution is 7.17. The molecule has 0 saturated heterocycles. The highest BCUT2D eigenvalue weighted by Gasteiger charge is 2.22. The summed E-state index contributed by atoms with van der Waals surface area (Å²) in [7, 11) is 3.24. The minimum absolute atomic E-state index is 0.00369. The molecule has 7 nitrogen and oxygen atoms in total. The van der Waals surface area contributed by atoms with Crippen LogP contribution in [0.15, 0.2) is 40.5 Å². The number of rotatable bonds is 6. The molecule has 3 aromatic heterocycles. The van der Waals surface area contributed by atoms with Gasteiger partial charge < -0.3 is 19.3 Å². The molecule has 0 saturated carbocycles. The van der Waals surface area contributed by atoms with Gasteiger partial charge in [-0.05, 0) is 28.5 Å². The van der Waals surface area contributed by atoms with E-state index in [1.165, 1.54) is 5.56 Å². The number of anilines is 1. The van der Waals surface area contributed by atoms with E-state index in [0.717, 1.165) is 27.3 Å². The van der Waals surface area contributed by atoms with Gasteiger partial charge in [-0.2, -0.15) is 0 Å². The number of hydrogen-bond donors (Lipinski definition) is 1. The lowest BCUT2D eigenvalue weighted by Crippen LogP contribution is -2.11. The lowest BCUT2D eigenvalue weighted by atomic mass is 9.87. The largest absolute Gasteiger partial charge is 0.497 e. The van der Waals surface area contributed by atoms with E-state index in [1.807, 2.05) is 24.3 Å². The Labute approximate surface area is 179 Å². The van der Waals surface area contributed by atoms with Gasteiger partial charge in [0, 0.05) is 17.7 Å². The third-order valence-corrected chi connectivity index (χ3v) is 5.74.